The number of allylic oxidation sites excluding steroid dienone is 1. The second kappa shape index (κ2) is 8.62. The first-order chi connectivity index (χ1) is 15.0. The Morgan fingerprint density at radius 2 is 1.81 bits per heavy atom. The molecule has 2 heterocycles. The summed E-state index contributed by atoms with van der Waals surface area (Å²) in [6.07, 6.45) is 0. The van der Waals surface area contributed by atoms with Crippen molar-refractivity contribution in [3.05, 3.63) is 65.7 Å². The van der Waals surface area contributed by atoms with E-state index in [1.165, 1.54) is 0 Å². The topological polar surface area (TPSA) is 96.2 Å². The number of hydrogen-bond acceptors (Lipinski definition) is 6. The van der Waals surface area contributed by atoms with Crippen molar-refractivity contribution in [3.8, 4) is 6.07 Å². The van der Waals surface area contributed by atoms with Crippen LogP contribution in [0.5, 0.6) is 0 Å². The van der Waals surface area contributed by atoms with Crippen LogP contribution in [0.4, 0.5) is 5.69 Å². The highest BCUT2D eigenvalue weighted by Gasteiger charge is 2.26. The number of Topliss-reactive ketones (excluding diaryl/α,β-unsaturated/α-hetero) is 1. The van der Waals surface area contributed by atoms with Crippen molar-refractivity contribution in [2.24, 2.45) is 0 Å². The third-order valence-electron chi connectivity index (χ3n) is 5.89. The summed E-state index contributed by atoms with van der Waals surface area (Å²) in [4.78, 5) is 23.5. The third-order valence-corrected chi connectivity index (χ3v) is 5.89. The summed E-state index contributed by atoms with van der Waals surface area (Å²) in [5.74, 6) is 0.475. The Bertz CT molecular complexity index is 1130. The van der Waals surface area contributed by atoms with Gasteiger partial charge >= 0.3 is 0 Å². The summed E-state index contributed by atoms with van der Waals surface area (Å²) in [7, 11) is 0. The molecule has 0 unspecified atom stereocenters. The second-order valence-corrected chi connectivity index (χ2v) is 7.78. The van der Waals surface area contributed by atoms with E-state index in [1.807, 2.05) is 55.5 Å². The van der Waals surface area contributed by atoms with E-state index in [0.717, 1.165) is 42.9 Å². The minimum atomic E-state index is -0.301. The molecule has 31 heavy (non-hydrogen) atoms. The number of carbonyl (C=O) groups excluding carboxylic acids is 1. The molecule has 1 fully saturated rings. The molecule has 1 aromatic heterocycles. The minimum Gasteiger partial charge on any atom is -0.509 e. The van der Waals surface area contributed by atoms with Crippen LogP contribution < -0.4 is 4.90 Å². The zero-order valence-corrected chi connectivity index (χ0v) is 17.7. The molecule has 0 radical (unpaired) electrons. The lowest BCUT2D eigenvalue weighted by atomic mass is 10.1. The van der Waals surface area contributed by atoms with Crippen LogP contribution in [0, 0.1) is 11.3 Å². The Morgan fingerprint density at radius 1 is 1.13 bits per heavy atom. The fraction of sp³-hybridized carbons (Fsp3) is 0.292. The molecule has 7 heteroatoms. The van der Waals surface area contributed by atoms with Gasteiger partial charge in [-0.25, -0.2) is 4.98 Å². The van der Waals surface area contributed by atoms with Crippen molar-refractivity contribution >= 4 is 28.1 Å². The molecule has 1 saturated heterocycles. The average molecular weight is 415 g/mol. The first-order valence-electron chi connectivity index (χ1n) is 10.4. The van der Waals surface area contributed by atoms with Crippen molar-refractivity contribution in [1.29, 1.82) is 5.26 Å². The molecule has 1 aliphatic heterocycles. The highest BCUT2D eigenvalue weighted by molar-refractivity contribution is 5.94. The van der Waals surface area contributed by atoms with E-state index in [4.69, 9.17) is 0 Å². The van der Waals surface area contributed by atoms with Crippen LogP contribution in [-0.4, -0.2) is 58.0 Å². The van der Waals surface area contributed by atoms with E-state index in [-0.39, 0.29) is 23.2 Å². The van der Waals surface area contributed by atoms with Gasteiger partial charge in [-0.3, -0.25) is 9.69 Å². The molecule has 1 aliphatic rings. The molecule has 0 bridgehead atoms. The van der Waals surface area contributed by atoms with Crippen LogP contribution in [0.3, 0.4) is 0 Å². The van der Waals surface area contributed by atoms with Crippen molar-refractivity contribution in [2.75, 3.05) is 31.1 Å². The molecule has 0 aliphatic carbocycles. The first-order valence-corrected chi connectivity index (χ1v) is 10.4. The van der Waals surface area contributed by atoms with Gasteiger partial charge in [0.2, 0.25) is 0 Å². The van der Waals surface area contributed by atoms with Gasteiger partial charge in [0, 0.05) is 37.4 Å². The van der Waals surface area contributed by atoms with E-state index in [0.29, 0.717) is 11.4 Å². The molecule has 3 aromatic rings. The molecule has 7 nitrogen and oxygen atoms in total. The molecule has 158 valence electrons. The van der Waals surface area contributed by atoms with E-state index in [2.05, 4.69) is 25.8 Å². The van der Waals surface area contributed by atoms with Gasteiger partial charge < -0.3 is 15.0 Å². The number of aromatic amines is 1. The molecule has 0 saturated carbocycles. The van der Waals surface area contributed by atoms with E-state index >= 15 is 0 Å². The van der Waals surface area contributed by atoms with Crippen molar-refractivity contribution in [2.45, 2.75) is 19.9 Å². The number of para-hydroxylation sites is 2. The number of fused-ring (bicyclic) bond motifs is 1. The number of hydrogen-bond donors (Lipinski definition) is 2. The number of anilines is 1. The Morgan fingerprint density at radius 3 is 2.42 bits per heavy atom. The van der Waals surface area contributed by atoms with Crippen LogP contribution in [0.25, 0.3) is 16.6 Å². The average Bonchev–Trinajstić information content (AvgIpc) is 3.23. The van der Waals surface area contributed by atoms with Gasteiger partial charge in [0.25, 0.3) is 0 Å². The van der Waals surface area contributed by atoms with Crippen LogP contribution in [-0.2, 0) is 0 Å². The van der Waals surface area contributed by atoms with Crippen LogP contribution in [0.2, 0.25) is 0 Å². The smallest absolute Gasteiger partial charge is 0.159 e. The van der Waals surface area contributed by atoms with Gasteiger partial charge in [-0.1, -0.05) is 12.1 Å². The number of nitrogens with zero attached hydrogens (tertiary/aromatic N) is 4. The van der Waals surface area contributed by atoms with Gasteiger partial charge in [-0.05, 0) is 50.2 Å². The molecule has 1 atom stereocenters. The van der Waals surface area contributed by atoms with E-state index < -0.39 is 0 Å². The quantitative estimate of drug-likeness (QED) is 0.374. The molecule has 4 rings (SSSR count). The number of rotatable bonds is 5. The Kier molecular flexibility index (Phi) is 5.74. The fourth-order valence-electron chi connectivity index (χ4n) is 3.96. The lowest BCUT2D eigenvalue weighted by Crippen LogP contribution is -2.50. The van der Waals surface area contributed by atoms with Crippen molar-refractivity contribution < 1.29 is 9.90 Å². The maximum atomic E-state index is 11.5. The number of aliphatic hydroxyl groups is 1. The monoisotopic (exact) mass is 415 g/mol. The lowest BCUT2D eigenvalue weighted by molar-refractivity contribution is 0.101. The predicted molar refractivity (Wildman–Crippen MR) is 121 cm³/mol. The molecule has 0 amide bonds. The van der Waals surface area contributed by atoms with Gasteiger partial charge in [0.05, 0.1) is 17.1 Å². The summed E-state index contributed by atoms with van der Waals surface area (Å²) < 4.78 is 0. The van der Waals surface area contributed by atoms with E-state index in [9.17, 15) is 15.2 Å². The van der Waals surface area contributed by atoms with Crippen LogP contribution >= 0.6 is 0 Å². The summed E-state index contributed by atoms with van der Waals surface area (Å²) in [6.45, 7) is 6.56. The number of ketones is 1. The number of piperazine rings is 1. The minimum absolute atomic E-state index is 0.0285. The number of benzene rings is 2. The molecule has 2 N–H and O–H groups in total. The molecule has 2 aromatic carbocycles. The third kappa shape index (κ3) is 4.16. The summed E-state index contributed by atoms with van der Waals surface area (Å²) in [5.41, 5.74) is 3.55. The largest absolute Gasteiger partial charge is 0.509 e. The summed E-state index contributed by atoms with van der Waals surface area (Å²) in [5, 5.41) is 20.6. The lowest BCUT2D eigenvalue weighted by Gasteiger charge is -2.39. The SMILES string of the molecule is CC(=O)c1ccc(N2CCN([C@@H](C)/C(O)=C(\C#N)c3nc4ccccc4[nH]3)CC2)cc1. The molecular weight excluding hydrogens is 390 g/mol. The van der Waals surface area contributed by atoms with Gasteiger partial charge in [-0.15, -0.1) is 0 Å². The highest BCUT2D eigenvalue weighted by atomic mass is 16.3. The summed E-state index contributed by atoms with van der Waals surface area (Å²) >= 11 is 0. The van der Waals surface area contributed by atoms with Crippen LogP contribution in [0.1, 0.15) is 30.0 Å². The number of imidazole rings is 1. The Balaban J connectivity index is 1.47. The fourth-order valence-corrected chi connectivity index (χ4v) is 3.96. The normalized spacial score (nSPS) is 16.6. The van der Waals surface area contributed by atoms with Crippen molar-refractivity contribution in [1.82, 2.24) is 14.9 Å². The zero-order chi connectivity index (χ0) is 22.0. The summed E-state index contributed by atoms with van der Waals surface area (Å²) in [6, 6.07) is 17.0. The van der Waals surface area contributed by atoms with Crippen molar-refractivity contribution in [3.63, 3.8) is 0 Å². The number of nitriles is 1. The van der Waals surface area contributed by atoms with Gasteiger partial charge in [-0.2, -0.15) is 5.26 Å². The molecule has 0 spiro atoms. The number of H-pyrrole nitrogens is 1. The predicted octanol–water partition coefficient (Wildman–Crippen LogP) is 3.77. The standard InChI is InChI=1S/C24H25N5O2/c1-16(23(31)20(15-25)24-26-21-5-3-4-6-22(21)27-24)28-11-13-29(14-12-28)19-9-7-18(8-10-19)17(2)30/h3-10,16,31H,11-14H2,1-2H3,(H,26,27)/b23-20-/t16-/m0/s1. The van der Waals surface area contributed by atoms with Gasteiger partial charge in [0.15, 0.2) is 11.6 Å². The number of carbonyl (C=O) groups is 1. The van der Waals surface area contributed by atoms with Crippen LogP contribution in [0.15, 0.2) is 54.3 Å². The maximum Gasteiger partial charge on any atom is 0.159 e. The Hall–Kier alpha value is -3.63. The molecular formula is C24H25N5O2. The first kappa shape index (κ1) is 20.6. The van der Waals surface area contributed by atoms with Gasteiger partial charge in [0.1, 0.15) is 17.4 Å². The number of aromatic nitrogens is 2. The second-order valence-electron chi connectivity index (χ2n) is 7.78. The Labute approximate surface area is 181 Å². The zero-order valence-electron chi connectivity index (χ0n) is 17.7. The number of nitrogens with one attached hydrogen (secondary N) is 1. The maximum absolute atomic E-state index is 11.5. The number of aliphatic hydroxyl groups excluding tert-OH is 1. The van der Waals surface area contributed by atoms with E-state index in [1.54, 1.807) is 6.92 Å². The highest BCUT2D eigenvalue weighted by Crippen LogP contribution is 2.24.